The SMILES string of the molecule is Nc1ccnc(Nc2c(F)cccc2F)c1. The summed E-state index contributed by atoms with van der Waals surface area (Å²) in [4.78, 5) is 3.89. The number of nitrogen functional groups attached to an aromatic ring is 1. The number of benzene rings is 1. The third kappa shape index (κ3) is 2.08. The van der Waals surface area contributed by atoms with Crippen LogP contribution in [-0.2, 0) is 0 Å². The van der Waals surface area contributed by atoms with Gasteiger partial charge in [0.05, 0.1) is 0 Å². The van der Waals surface area contributed by atoms with Crippen molar-refractivity contribution >= 4 is 17.2 Å². The van der Waals surface area contributed by atoms with Crippen LogP contribution < -0.4 is 11.1 Å². The highest BCUT2D eigenvalue weighted by atomic mass is 19.1. The Morgan fingerprint density at radius 2 is 1.81 bits per heavy atom. The van der Waals surface area contributed by atoms with E-state index in [1.807, 2.05) is 0 Å². The molecule has 0 atom stereocenters. The molecule has 1 heterocycles. The van der Waals surface area contributed by atoms with Gasteiger partial charge in [-0.1, -0.05) is 6.07 Å². The molecule has 2 aromatic rings. The first-order valence-electron chi connectivity index (χ1n) is 4.59. The first kappa shape index (κ1) is 10.4. The van der Waals surface area contributed by atoms with E-state index in [1.165, 1.54) is 18.3 Å². The molecule has 0 radical (unpaired) electrons. The molecule has 2 rings (SSSR count). The number of nitrogens with one attached hydrogen (secondary N) is 1. The van der Waals surface area contributed by atoms with Crippen LogP contribution >= 0.6 is 0 Å². The number of rotatable bonds is 2. The van der Waals surface area contributed by atoms with Crippen molar-refractivity contribution in [2.75, 3.05) is 11.1 Å². The fraction of sp³-hybridized carbons (Fsp3) is 0. The van der Waals surface area contributed by atoms with Gasteiger partial charge in [-0.25, -0.2) is 13.8 Å². The van der Waals surface area contributed by atoms with Crippen LogP contribution in [0.15, 0.2) is 36.5 Å². The van der Waals surface area contributed by atoms with Gasteiger partial charge in [0.2, 0.25) is 0 Å². The zero-order chi connectivity index (χ0) is 11.5. The minimum absolute atomic E-state index is 0.236. The lowest BCUT2D eigenvalue weighted by atomic mass is 10.3. The molecule has 82 valence electrons. The van der Waals surface area contributed by atoms with Crippen molar-refractivity contribution in [3.63, 3.8) is 0 Å². The third-order valence-electron chi connectivity index (χ3n) is 2.00. The normalized spacial score (nSPS) is 10.1. The van der Waals surface area contributed by atoms with Gasteiger partial charge >= 0.3 is 0 Å². The predicted octanol–water partition coefficient (Wildman–Crippen LogP) is 2.69. The monoisotopic (exact) mass is 221 g/mol. The lowest BCUT2D eigenvalue weighted by Crippen LogP contribution is -1.99. The van der Waals surface area contributed by atoms with Crippen LogP contribution in [0, 0.1) is 11.6 Å². The van der Waals surface area contributed by atoms with Crippen LogP contribution in [-0.4, -0.2) is 4.98 Å². The number of hydrogen-bond acceptors (Lipinski definition) is 3. The van der Waals surface area contributed by atoms with Crippen molar-refractivity contribution in [1.82, 2.24) is 4.98 Å². The van der Waals surface area contributed by atoms with Crippen LogP contribution in [0.25, 0.3) is 0 Å². The summed E-state index contributed by atoms with van der Waals surface area (Å²) < 4.78 is 26.6. The average molecular weight is 221 g/mol. The van der Waals surface area contributed by atoms with E-state index in [9.17, 15) is 8.78 Å². The fourth-order valence-corrected chi connectivity index (χ4v) is 1.26. The molecule has 0 bridgehead atoms. The zero-order valence-electron chi connectivity index (χ0n) is 8.24. The standard InChI is InChI=1S/C11H9F2N3/c12-8-2-1-3-9(13)11(8)16-10-6-7(14)4-5-15-10/h1-6H,(H3,14,15,16). The number of anilines is 3. The molecule has 0 spiro atoms. The Balaban J connectivity index is 2.34. The number of hydrogen-bond donors (Lipinski definition) is 2. The third-order valence-corrected chi connectivity index (χ3v) is 2.00. The Morgan fingerprint density at radius 1 is 1.12 bits per heavy atom. The predicted molar refractivity (Wildman–Crippen MR) is 58.3 cm³/mol. The summed E-state index contributed by atoms with van der Waals surface area (Å²) in [7, 11) is 0. The second-order valence-electron chi connectivity index (χ2n) is 3.20. The molecule has 16 heavy (non-hydrogen) atoms. The molecule has 0 aliphatic rings. The Morgan fingerprint density at radius 3 is 2.44 bits per heavy atom. The summed E-state index contributed by atoms with van der Waals surface area (Å²) in [6.07, 6.45) is 1.45. The summed E-state index contributed by atoms with van der Waals surface area (Å²) >= 11 is 0. The van der Waals surface area contributed by atoms with Gasteiger partial charge in [0.15, 0.2) is 0 Å². The first-order valence-corrected chi connectivity index (χ1v) is 4.59. The van der Waals surface area contributed by atoms with Gasteiger partial charge in [-0.05, 0) is 18.2 Å². The molecule has 0 saturated carbocycles. The van der Waals surface area contributed by atoms with Crippen LogP contribution in [0.4, 0.5) is 26.0 Å². The molecule has 1 aromatic heterocycles. The van der Waals surface area contributed by atoms with E-state index in [1.54, 1.807) is 6.07 Å². The molecular weight excluding hydrogens is 212 g/mol. The first-order chi connectivity index (χ1) is 7.66. The summed E-state index contributed by atoms with van der Waals surface area (Å²) in [5.74, 6) is -1.06. The zero-order valence-corrected chi connectivity index (χ0v) is 8.24. The van der Waals surface area contributed by atoms with Gasteiger partial charge in [0.1, 0.15) is 23.1 Å². The van der Waals surface area contributed by atoms with E-state index >= 15 is 0 Å². The fourth-order valence-electron chi connectivity index (χ4n) is 1.26. The smallest absolute Gasteiger partial charge is 0.149 e. The minimum Gasteiger partial charge on any atom is -0.399 e. The maximum absolute atomic E-state index is 13.3. The molecule has 0 amide bonds. The van der Waals surface area contributed by atoms with Gasteiger partial charge in [0, 0.05) is 18.0 Å². The van der Waals surface area contributed by atoms with E-state index < -0.39 is 11.6 Å². The van der Waals surface area contributed by atoms with E-state index in [0.717, 1.165) is 12.1 Å². The lowest BCUT2D eigenvalue weighted by Gasteiger charge is -2.07. The second-order valence-corrected chi connectivity index (χ2v) is 3.20. The van der Waals surface area contributed by atoms with Gasteiger partial charge in [0.25, 0.3) is 0 Å². The Kier molecular flexibility index (Phi) is 2.68. The van der Waals surface area contributed by atoms with Crippen LogP contribution in [0.3, 0.4) is 0 Å². The Labute approximate surface area is 90.9 Å². The number of nitrogens with two attached hydrogens (primary N) is 1. The maximum Gasteiger partial charge on any atom is 0.149 e. The molecule has 1 aromatic carbocycles. The molecular formula is C11H9F2N3. The molecule has 3 nitrogen and oxygen atoms in total. The number of pyridine rings is 1. The van der Waals surface area contributed by atoms with Crippen LogP contribution in [0.1, 0.15) is 0 Å². The number of halogens is 2. The molecule has 0 unspecified atom stereocenters. The van der Waals surface area contributed by atoms with Crippen molar-refractivity contribution in [1.29, 1.82) is 0 Å². The van der Waals surface area contributed by atoms with E-state index in [2.05, 4.69) is 10.3 Å². The van der Waals surface area contributed by atoms with Crippen molar-refractivity contribution in [3.8, 4) is 0 Å². The van der Waals surface area contributed by atoms with Gasteiger partial charge < -0.3 is 11.1 Å². The summed E-state index contributed by atoms with van der Waals surface area (Å²) in [6.45, 7) is 0. The van der Waals surface area contributed by atoms with Crippen molar-refractivity contribution in [3.05, 3.63) is 48.2 Å². The van der Waals surface area contributed by atoms with E-state index in [-0.39, 0.29) is 5.69 Å². The van der Waals surface area contributed by atoms with Crippen molar-refractivity contribution in [2.24, 2.45) is 0 Å². The van der Waals surface area contributed by atoms with E-state index in [4.69, 9.17) is 5.73 Å². The van der Waals surface area contributed by atoms with Crippen molar-refractivity contribution < 1.29 is 8.78 Å². The molecule has 5 heteroatoms. The number of para-hydroxylation sites is 1. The van der Waals surface area contributed by atoms with Gasteiger partial charge in [-0.2, -0.15) is 0 Å². The van der Waals surface area contributed by atoms with Crippen LogP contribution in [0.2, 0.25) is 0 Å². The number of aromatic nitrogens is 1. The molecule has 0 aliphatic heterocycles. The van der Waals surface area contributed by atoms with Crippen molar-refractivity contribution in [2.45, 2.75) is 0 Å². The van der Waals surface area contributed by atoms with E-state index in [0.29, 0.717) is 11.5 Å². The van der Waals surface area contributed by atoms with Crippen LogP contribution in [0.5, 0.6) is 0 Å². The molecule has 3 N–H and O–H groups in total. The molecule has 0 saturated heterocycles. The van der Waals surface area contributed by atoms with Gasteiger partial charge in [-0.15, -0.1) is 0 Å². The maximum atomic E-state index is 13.3. The largest absolute Gasteiger partial charge is 0.399 e. The van der Waals surface area contributed by atoms with Gasteiger partial charge in [-0.3, -0.25) is 0 Å². The topological polar surface area (TPSA) is 50.9 Å². The summed E-state index contributed by atoms with van der Waals surface area (Å²) in [5, 5.41) is 2.54. The number of nitrogens with zero attached hydrogens (tertiary/aromatic N) is 1. The summed E-state index contributed by atoms with van der Waals surface area (Å²) in [5.41, 5.74) is 5.75. The second kappa shape index (κ2) is 4.14. The summed E-state index contributed by atoms with van der Waals surface area (Å²) in [6, 6.07) is 6.70. The average Bonchev–Trinajstić information content (AvgIpc) is 2.24. The highest BCUT2D eigenvalue weighted by molar-refractivity contribution is 5.60. The minimum atomic E-state index is -0.677. The quantitative estimate of drug-likeness (QED) is 0.819. The molecule has 0 aliphatic carbocycles. The lowest BCUT2D eigenvalue weighted by molar-refractivity contribution is 0.590. The Bertz CT molecular complexity index is 494. The highest BCUT2D eigenvalue weighted by Crippen LogP contribution is 2.22. The molecule has 0 fully saturated rings. The highest BCUT2D eigenvalue weighted by Gasteiger charge is 2.08. The Hall–Kier alpha value is -2.17.